The maximum atomic E-state index is 12.2. The Morgan fingerprint density at radius 2 is 1.68 bits per heavy atom. The predicted molar refractivity (Wildman–Crippen MR) is 100 cm³/mol. The summed E-state index contributed by atoms with van der Waals surface area (Å²) in [5.41, 5.74) is 1.96. The summed E-state index contributed by atoms with van der Waals surface area (Å²) in [6.45, 7) is 3.77. The van der Waals surface area contributed by atoms with Crippen molar-refractivity contribution in [1.29, 1.82) is 0 Å². The predicted octanol–water partition coefficient (Wildman–Crippen LogP) is 4.07. The number of ketones is 1. The smallest absolute Gasteiger partial charge is 0.251 e. The molecule has 0 fully saturated rings. The minimum Gasteiger partial charge on any atom is -0.488 e. The molecule has 0 saturated heterocycles. The fourth-order valence-electron chi connectivity index (χ4n) is 2.04. The van der Waals surface area contributed by atoms with Gasteiger partial charge in [0.2, 0.25) is 0 Å². The van der Waals surface area contributed by atoms with E-state index in [0.29, 0.717) is 21.9 Å². The fourth-order valence-corrected chi connectivity index (χ4v) is 2.09. The van der Waals surface area contributed by atoms with E-state index in [1.165, 1.54) is 6.08 Å². The van der Waals surface area contributed by atoms with Crippen molar-refractivity contribution in [3.63, 3.8) is 0 Å². The SMILES string of the molecule is C=C(Cl)COc1ccc(C(=O)/C=C/c2ccc(C(=O)NC)cc2)cc1. The van der Waals surface area contributed by atoms with Crippen LogP contribution in [0.25, 0.3) is 6.08 Å². The van der Waals surface area contributed by atoms with E-state index in [1.54, 1.807) is 61.7 Å². The van der Waals surface area contributed by atoms with Crippen LogP contribution in [0.5, 0.6) is 5.75 Å². The number of amides is 1. The number of benzene rings is 2. The fraction of sp³-hybridized carbons (Fsp3) is 0.100. The number of nitrogens with one attached hydrogen (secondary N) is 1. The first kappa shape index (κ1) is 18.5. The number of rotatable bonds is 7. The lowest BCUT2D eigenvalue weighted by Crippen LogP contribution is -2.17. The quantitative estimate of drug-likeness (QED) is 0.601. The Hall–Kier alpha value is -2.85. The van der Waals surface area contributed by atoms with E-state index in [-0.39, 0.29) is 18.3 Å². The van der Waals surface area contributed by atoms with Crippen molar-refractivity contribution in [3.8, 4) is 5.75 Å². The van der Waals surface area contributed by atoms with Crippen LogP contribution in [0.1, 0.15) is 26.3 Å². The molecule has 25 heavy (non-hydrogen) atoms. The van der Waals surface area contributed by atoms with Crippen molar-refractivity contribution in [3.05, 3.63) is 82.9 Å². The number of carbonyl (C=O) groups is 2. The summed E-state index contributed by atoms with van der Waals surface area (Å²) in [4.78, 5) is 23.7. The van der Waals surface area contributed by atoms with E-state index in [1.807, 2.05) is 0 Å². The molecule has 0 spiro atoms. The molecule has 0 aliphatic heterocycles. The first-order valence-electron chi connectivity index (χ1n) is 7.60. The lowest BCUT2D eigenvalue weighted by molar-refractivity contribution is 0.0962. The van der Waals surface area contributed by atoms with E-state index in [0.717, 1.165) is 5.56 Å². The van der Waals surface area contributed by atoms with E-state index < -0.39 is 0 Å². The zero-order valence-electron chi connectivity index (χ0n) is 13.8. The summed E-state index contributed by atoms with van der Waals surface area (Å²) in [6, 6.07) is 13.8. The largest absolute Gasteiger partial charge is 0.488 e. The van der Waals surface area contributed by atoms with Crippen molar-refractivity contribution in [2.45, 2.75) is 0 Å². The number of allylic oxidation sites excluding steroid dienone is 1. The molecule has 1 amide bonds. The summed E-state index contributed by atoms with van der Waals surface area (Å²) >= 11 is 5.64. The van der Waals surface area contributed by atoms with Gasteiger partial charge in [0.15, 0.2) is 5.78 Å². The molecule has 0 unspecified atom stereocenters. The van der Waals surface area contributed by atoms with Gasteiger partial charge in [-0.1, -0.05) is 36.4 Å². The van der Waals surface area contributed by atoms with Gasteiger partial charge < -0.3 is 10.1 Å². The van der Waals surface area contributed by atoms with Crippen molar-refractivity contribution in [2.24, 2.45) is 0 Å². The first-order valence-corrected chi connectivity index (χ1v) is 7.98. The van der Waals surface area contributed by atoms with Crippen molar-refractivity contribution in [1.82, 2.24) is 5.32 Å². The van der Waals surface area contributed by atoms with Crippen molar-refractivity contribution < 1.29 is 14.3 Å². The monoisotopic (exact) mass is 355 g/mol. The molecule has 4 nitrogen and oxygen atoms in total. The Labute approximate surface area is 151 Å². The van der Waals surface area contributed by atoms with Gasteiger partial charge in [-0.05, 0) is 48.0 Å². The van der Waals surface area contributed by atoms with Gasteiger partial charge in [0.1, 0.15) is 12.4 Å². The Morgan fingerprint density at radius 1 is 1.08 bits per heavy atom. The highest BCUT2D eigenvalue weighted by atomic mass is 35.5. The highest BCUT2D eigenvalue weighted by Gasteiger charge is 2.04. The van der Waals surface area contributed by atoms with Gasteiger partial charge >= 0.3 is 0 Å². The second-order valence-electron chi connectivity index (χ2n) is 5.23. The minimum atomic E-state index is -0.147. The van der Waals surface area contributed by atoms with Crippen molar-refractivity contribution >= 4 is 29.4 Å². The standard InChI is InChI=1S/C20H18ClNO3/c1-14(21)13-25-18-10-8-16(9-11-18)19(23)12-5-15-3-6-17(7-4-15)20(24)22-2/h3-12H,1,13H2,2H3,(H,22,24)/b12-5+. The van der Waals surface area contributed by atoms with Crippen LogP contribution in [-0.2, 0) is 0 Å². The molecule has 2 aromatic carbocycles. The molecule has 1 N–H and O–H groups in total. The van der Waals surface area contributed by atoms with E-state index >= 15 is 0 Å². The van der Waals surface area contributed by atoms with Gasteiger partial charge in [0.05, 0.1) is 0 Å². The number of ether oxygens (including phenoxy) is 1. The summed E-state index contributed by atoms with van der Waals surface area (Å²) in [7, 11) is 1.58. The molecule has 5 heteroatoms. The third-order valence-corrected chi connectivity index (χ3v) is 3.47. The maximum absolute atomic E-state index is 12.2. The summed E-state index contributed by atoms with van der Waals surface area (Å²) in [6.07, 6.45) is 3.20. The van der Waals surface area contributed by atoms with Gasteiger partial charge in [0, 0.05) is 23.2 Å². The zero-order valence-corrected chi connectivity index (χ0v) is 14.5. The molecule has 0 aliphatic rings. The molecular weight excluding hydrogens is 338 g/mol. The van der Waals surface area contributed by atoms with Crippen LogP contribution in [0.3, 0.4) is 0 Å². The Kier molecular flexibility index (Phi) is 6.54. The normalized spacial score (nSPS) is 10.5. The van der Waals surface area contributed by atoms with Crippen LogP contribution in [0.2, 0.25) is 0 Å². The van der Waals surface area contributed by atoms with E-state index in [4.69, 9.17) is 16.3 Å². The molecule has 0 heterocycles. The number of halogens is 1. The van der Waals surface area contributed by atoms with Crippen LogP contribution < -0.4 is 10.1 Å². The molecule has 0 radical (unpaired) electrons. The van der Waals surface area contributed by atoms with Gasteiger partial charge in [-0.2, -0.15) is 0 Å². The van der Waals surface area contributed by atoms with E-state index in [2.05, 4.69) is 11.9 Å². The molecule has 2 rings (SSSR count). The molecule has 0 bridgehead atoms. The Bertz CT molecular complexity index is 793. The summed E-state index contributed by atoms with van der Waals surface area (Å²) in [5.74, 6) is 0.349. The number of hydrogen-bond acceptors (Lipinski definition) is 3. The second kappa shape index (κ2) is 8.85. The lowest BCUT2D eigenvalue weighted by Gasteiger charge is -2.05. The molecule has 2 aromatic rings. The first-order chi connectivity index (χ1) is 12.0. The number of hydrogen-bond donors (Lipinski definition) is 1. The van der Waals surface area contributed by atoms with Gasteiger partial charge in [-0.15, -0.1) is 0 Å². The Morgan fingerprint density at radius 3 is 2.24 bits per heavy atom. The van der Waals surface area contributed by atoms with Gasteiger partial charge in [-0.3, -0.25) is 9.59 Å². The molecule has 0 aliphatic carbocycles. The van der Waals surface area contributed by atoms with Crippen LogP contribution in [0, 0.1) is 0 Å². The highest BCUT2D eigenvalue weighted by molar-refractivity contribution is 6.29. The van der Waals surface area contributed by atoms with Gasteiger partial charge in [-0.25, -0.2) is 0 Å². The molecule has 0 aromatic heterocycles. The topological polar surface area (TPSA) is 55.4 Å². The average Bonchev–Trinajstić information content (AvgIpc) is 2.64. The van der Waals surface area contributed by atoms with Crippen LogP contribution in [-0.4, -0.2) is 25.3 Å². The number of carbonyl (C=O) groups excluding carboxylic acids is 2. The zero-order chi connectivity index (χ0) is 18.2. The molecule has 0 saturated carbocycles. The summed E-state index contributed by atoms with van der Waals surface area (Å²) < 4.78 is 5.38. The highest BCUT2D eigenvalue weighted by Crippen LogP contribution is 2.15. The van der Waals surface area contributed by atoms with Crippen molar-refractivity contribution in [2.75, 3.05) is 13.7 Å². The van der Waals surface area contributed by atoms with Crippen LogP contribution in [0.15, 0.2) is 66.2 Å². The Balaban J connectivity index is 2.00. The maximum Gasteiger partial charge on any atom is 0.251 e. The summed E-state index contributed by atoms with van der Waals surface area (Å²) in [5, 5.41) is 2.97. The van der Waals surface area contributed by atoms with E-state index in [9.17, 15) is 9.59 Å². The van der Waals surface area contributed by atoms with Gasteiger partial charge in [0.25, 0.3) is 5.91 Å². The van der Waals surface area contributed by atoms with Crippen LogP contribution >= 0.6 is 11.6 Å². The minimum absolute atomic E-state index is 0.122. The van der Waals surface area contributed by atoms with Crippen LogP contribution in [0.4, 0.5) is 0 Å². The molecular formula is C20H18ClNO3. The lowest BCUT2D eigenvalue weighted by atomic mass is 10.1. The average molecular weight is 356 g/mol. The molecule has 0 atom stereocenters. The molecule has 128 valence electrons. The third-order valence-electron chi connectivity index (χ3n) is 3.36. The second-order valence-corrected chi connectivity index (χ2v) is 5.76. The third kappa shape index (κ3) is 5.62.